The van der Waals surface area contributed by atoms with Gasteiger partial charge in [0.15, 0.2) is 0 Å². The largest absolute Gasteiger partial charge is 0.469 e. The van der Waals surface area contributed by atoms with Crippen molar-refractivity contribution in [3.05, 3.63) is 34.1 Å². The molecule has 0 saturated carbocycles. The average Bonchev–Trinajstić information content (AvgIpc) is 2.24. The number of hydrogen-bond donors (Lipinski definition) is 1. The number of methoxy groups -OCH3 is 1. The van der Waals surface area contributed by atoms with E-state index in [0.717, 1.165) is 5.56 Å². The number of ether oxygens (including phenoxy) is 1. The van der Waals surface area contributed by atoms with Gasteiger partial charge in [0.05, 0.1) is 18.6 Å². The Morgan fingerprint density at radius 2 is 2.25 bits per heavy atom. The molecule has 0 aromatic heterocycles. The molecule has 1 aromatic rings. The molecule has 3 nitrogen and oxygen atoms in total. The van der Waals surface area contributed by atoms with Gasteiger partial charge in [0, 0.05) is 11.6 Å². The van der Waals surface area contributed by atoms with E-state index >= 15 is 0 Å². The Bertz CT molecular complexity index is 409. The highest BCUT2D eigenvalue weighted by atomic mass is 35.5. The van der Waals surface area contributed by atoms with Crippen LogP contribution >= 0.6 is 11.6 Å². The lowest BCUT2D eigenvalue weighted by Crippen LogP contribution is -2.18. The molecule has 5 heteroatoms. The summed E-state index contributed by atoms with van der Waals surface area (Å²) in [5.41, 5.74) is 6.60. The highest BCUT2D eigenvalue weighted by Gasteiger charge is 2.19. The normalized spacial score (nSPS) is 12.3. The van der Waals surface area contributed by atoms with Crippen molar-refractivity contribution in [2.24, 2.45) is 5.73 Å². The van der Waals surface area contributed by atoms with Gasteiger partial charge in [0.25, 0.3) is 0 Å². The summed E-state index contributed by atoms with van der Waals surface area (Å²) in [6, 6.07) is 2.06. The van der Waals surface area contributed by atoms with E-state index in [1.807, 2.05) is 0 Å². The first-order valence-corrected chi connectivity index (χ1v) is 5.12. The predicted molar refractivity (Wildman–Crippen MR) is 59.7 cm³/mol. The van der Waals surface area contributed by atoms with E-state index in [-0.39, 0.29) is 17.0 Å². The molecule has 1 rings (SSSR count). The molecule has 1 atom stereocenters. The van der Waals surface area contributed by atoms with E-state index in [1.165, 1.54) is 13.2 Å². The van der Waals surface area contributed by atoms with Gasteiger partial charge in [-0.05, 0) is 18.6 Å². The summed E-state index contributed by atoms with van der Waals surface area (Å²) in [5, 5.41) is 0.261. The molecule has 0 unspecified atom stereocenters. The minimum atomic E-state index is -0.792. The van der Waals surface area contributed by atoms with Gasteiger partial charge in [-0.1, -0.05) is 17.7 Å². The Morgan fingerprint density at radius 1 is 1.62 bits per heavy atom. The topological polar surface area (TPSA) is 52.3 Å². The van der Waals surface area contributed by atoms with Crippen molar-refractivity contribution in [1.29, 1.82) is 0 Å². The summed E-state index contributed by atoms with van der Waals surface area (Å²) in [6.07, 6.45) is -0.101. The first-order valence-electron chi connectivity index (χ1n) is 4.74. The van der Waals surface area contributed by atoms with Crippen molar-refractivity contribution in [2.75, 3.05) is 7.11 Å². The number of carbonyl (C=O) groups is 1. The summed E-state index contributed by atoms with van der Waals surface area (Å²) < 4.78 is 18.0. The standard InChI is InChI=1S/C11H13ClFNO2/c1-6-3-4-7(13)10(11(6)12)8(14)5-9(15)16-2/h3-4,8H,5,14H2,1-2H3/t8-/m1/s1. The number of aryl methyl sites for hydroxylation is 1. The third-order valence-electron chi connectivity index (χ3n) is 2.30. The number of rotatable bonds is 3. The minimum absolute atomic E-state index is 0.101. The third-order valence-corrected chi connectivity index (χ3v) is 2.81. The lowest BCUT2D eigenvalue weighted by molar-refractivity contribution is -0.141. The van der Waals surface area contributed by atoms with Crippen molar-refractivity contribution in [1.82, 2.24) is 0 Å². The molecular formula is C11H13ClFNO2. The quantitative estimate of drug-likeness (QED) is 0.832. The van der Waals surface area contributed by atoms with Crippen LogP contribution in [-0.2, 0) is 9.53 Å². The Hall–Kier alpha value is -1.13. The van der Waals surface area contributed by atoms with E-state index in [1.54, 1.807) is 13.0 Å². The van der Waals surface area contributed by atoms with Crippen LogP contribution in [0.3, 0.4) is 0 Å². The molecule has 0 amide bonds. The van der Waals surface area contributed by atoms with E-state index < -0.39 is 17.8 Å². The zero-order valence-corrected chi connectivity index (χ0v) is 9.84. The predicted octanol–water partition coefficient (Wildman–Crippen LogP) is 2.35. The summed E-state index contributed by atoms with van der Waals surface area (Å²) in [5.74, 6) is -1.00. The number of esters is 1. The molecule has 0 spiro atoms. The number of halogens is 2. The first-order chi connectivity index (χ1) is 7.47. The van der Waals surface area contributed by atoms with Gasteiger partial charge in [0.1, 0.15) is 5.82 Å². The van der Waals surface area contributed by atoms with E-state index in [2.05, 4.69) is 4.74 Å². The Balaban J connectivity index is 3.03. The minimum Gasteiger partial charge on any atom is -0.469 e. The Labute approximate surface area is 98.3 Å². The molecule has 0 radical (unpaired) electrons. The molecule has 88 valence electrons. The maximum atomic E-state index is 13.5. The van der Waals surface area contributed by atoms with Crippen molar-refractivity contribution in [2.45, 2.75) is 19.4 Å². The zero-order chi connectivity index (χ0) is 12.3. The fourth-order valence-corrected chi connectivity index (χ4v) is 1.68. The van der Waals surface area contributed by atoms with Crippen molar-refractivity contribution in [3.63, 3.8) is 0 Å². The Morgan fingerprint density at radius 3 is 2.81 bits per heavy atom. The molecule has 0 aliphatic heterocycles. The van der Waals surface area contributed by atoms with Gasteiger partial charge in [-0.15, -0.1) is 0 Å². The molecule has 0 fully saturated rings. The smallest absolute Gasteiger partial charge is 0.307 e. The first kappa shape index (κ1) is 12.9. The molecular weight excluding hydrogens is 233 g/mol. The van der Waals surface area contributed by atoms with Gasteiger partial charge >= 0.3 is 5.97 Å². The zero-order valence-electron chi connectivity index (χ0n) is 9.09. The van der Waals surface area contributed by atoms with Crippen LogP contribution < -0.4 is 5.73 Å². The lowest BCUT2D eigenvalue weighted by atomic mass is 10.0. The van der Waals surface area contributed by atoms with E-state index in [9.17, 15) is 9.18 Å². The number of carbonyl (C=O) groups excluding carboxylic acids is 1. The molecule has 0 saturated heterocycles. The van der Waals surface area contributed by atoms with Crippen LogP contribution in [0.5, 0.6) is 0 Å². The van der Waals surface area contributed by atoms with Crippen LogP contribution in [0.25, 0.3) is 0 Å². The van der Waals surface area contributed by atoms with Crippen LogP contribution in [-0.4, -0.2) is 13.1 Å². The molecule has 16 heavy (non-hydrogen) atoms. The van der Waals surface area contributed by atoms with Gasteiger partial charge in [0.2, 0.25) is 0 Å². The highest BCUT2D eigenvalue weighted by Crippen LogP contribution is 2.29. The lowest BCUT2D eigenvalue weighted by Gasteiger charge is -2.14. The van der Waals surface area contributed by atoms with E-state index in [4.69, 9.17) is 17.3 Å². The molecule has 0 heterocycles. The van der Waals surface area contributed by atoms with Crippen LogP contribution in [0, 0.1) is 12.7 Å². The van der Waals surface area contributed by atoms with Crippen LogP contribution in [0.15, 0.2) is 12.1 Å². The fraction of sp³-hybridized carbons (Fsp3) is 0.364. The summed E-state index contributed by atoms with van der Waals surface area (Å²) in [7, 11) is 1.25. The molecule has 0 bridgehead atoms. The number of hydrogen-bond acceptors (Lipinski definition) is 3. The van der Waals surface area contributed by atoms with Crippen molar-refractivity contribution in [3.8, 4) is 0 Å². The second kappa shape index (κ2) is 5.27. The van der Waals surface area contributed by atoms with Crippen LogP contribution in [0.1, 0.15) is 23.6 Å². The van der Waals surface area contributed by atoms with Crippen molar-refractivity contribution >= 4 is 17.6 Å². The SMILES string of the molecule is COC(=O)C[C@@H](N)c1c(F)ccc(C)c1Cl. The van der Waals surface area contributed by atoms with E-state index in [0.29, 0.717) is 0 Å². The fourth-order valence-electron chi connectivity index (χ4n) is 1.38. The third kappa shape index (κ3) is 2.71. The van der Waals surface area contributed by atoms with Crippen molar-refractivity contribution < 1.29 is 13.9 Å². The van der Waals surface area contributed by atoms with Crippen LogP contribution in [0.2, 0.25) is 5.02 Å². The van der Waals surface area contributed by atoms with Gasteiger partial charge in [-0.3, -0.25) is 4.79 Å². The molecule has 2 N–H and O–H groups in total. The van der Waals surface area contributed by atoms with Gasteiger partial charge in [-0.25, -0.2) is 4.39 Å². The number of nitrogens with two attached hydrogens (primary N) is 1. The molecule has 1 aromatic carbocycles. The summed E-state index contributed by atoms with van der Waals surface area (Å²) in [6.45, 7) is 1.75. The summed E-state index contributed by atoms with van der Waals surface area (Å²) >= 11 is 5.95. The van der Waals surface area contributed by atoms with Gasteiger partial charge < -0.3 is 10.5 Å². The Kier molecular flexibility index (Phi) is 4.26. The second-order valence-corrected chi connectivity index (χ2v) is 3.86. The maximum absolute atomic E-state index is 13.5. The average molecular weight is 246 g/mol. The van der Waals surface area contributed by atoms with Crippen LogP contribution in [0.4, 0.5) is 4.39 Å². The highest BCUT2D eigenvalue weighted by molar-refractivity contribution is 6.32. The van der Waals surface area contributed by atoms with Gasteiger partial charge in [-0.2, -0.15) is 0 Å². The molecule has 0 aliphatic rings. The number of benzene rings is 1. The maximum Gasteiger partial charge on any atom is 0.307 e. The summed E-state index contributed by atoms with van der Waals surface area (Å²) in [4.78, 5) is 11.0. The second-order valence-electron chi connectivity index (χ2n) is 3.48. The molecule has 0 aliphatic carbocycles. The monoisotopic (exact) mass is 245 g/mol.